The maximum absolute atomic E-state index is 11.5. The fourth-order valence-electron chi connectivity index (χ4n) is 1.78. The molecular formula is C11H23N3O. The van der Waals surface area contributed by atoms with Crippen LogP contribution in [0.25, 0.3) is 0 Å². The molecule has 88 valence electrons. The lowest BCUT2D eigenvalue weighted by Gasteiger charge is -2.27. The van der Waals surface area contributed by atoms with Gasteiger partial charge in [-0.15, -0.1) is 0 Å². The first-order valence-electron chi connectivity index (χ1n) is 5.79. The van der Waals surface area contributed by atoms with Gasteiger partial charge in [-0.3, -0.25) is 10.1 Å². The van der Waals surface area contributed by atoms with Crippen molar-refractivity contribution in [3.8, 4) is 0 Å². The van der Waals surface area contributed by atoms with Gasteiger partial charge in [0.1, 0.15) is 0 Å². The van der Waals surface area contributed by atoms with E-state index in [-0.39, 0.29) is 12.1 Å². The topological polar surface area (TPSA) is 35.6 Å². The molecule has 1 aliphatic rings. The monoisotopic (exact) mass is 213 g/mol. The third kappa shape index (κ3) is 3.18. The first-order valence-corrected chi connectivity index (χ1v) is 5.79. The molecular weight excluding hydrogens is 190 g/mol. The summed E-state index contributed by atoms with van der Waals surface area (Å²) >= 11 is 0. The average Bonchev–Trinajstić information content (AvgIpc) is 2.54. The Kier molecular flexibility index (Phi) is 4.54. The molecule has 1 N–H and O–H groups in total. The molecule has 1 amide bonds. The Morgan fingerprint density at radius 1 is 1.67 bits per heavy atom. The molecule has 1 saturated heterocycles. The number of likely N-dealkylation sites (N-methyl/N-ethyl adjacent to an activating group) is 1. The van der Waals surface area contributed by atoms with E-state index in [4.69, 9.17) is 0 Å². The summed E-state index contributed by atoms with van der Waals surface area (Å²) < 4.78 is 0. The van der Waals surface area contributed by atoms with Crippen LogP contribution in [0, 0.1) is 0 Å². The van der Waals surface area contributed by atoms with Gasteiger partial charge in [0.15, 0.2) is 0 Å². The van der Waals surface area contributed by atoms with Crippen molar-refractivity contribution >= 4 is 5.91 Å². The first-order chi connectivity index (χ1) is 7.06. The Balaban J connectivity index is 2.33. The zero-order valence-electron chi connectivity index (χ0n) is 10.3. The van der Waals surface area contributed by atoms with Crippen LogP contribution in [0.4, 0.5) is 0 Å². The van der Waals surface area contributed by atoms with Crippen LogP contribution in [-0.2, 0) is 4.79 Å². The van der Waals surface area contributed by atoms with Gasteiger partial charge in [-0.1, -0.05) is 6.92 Å². The van der Waals surface area contributed by atoms with Crippen LogP contribution in [0.5, 0.6) is 0 Å². The van der Waals surface area contributed by atoms with Crippen LogP contribution >= 0.6 is 0 Å². The van der Waals surface area contributed by atoms with Gasteiger partial charge < -0.3 is 9.80 Å². The maximum atomic E-state index is 11.5. The van der Waals surface area contributed by atoms with E-state index in [1.165, 1.54) is 0 Å². The molecule has 0 aromatic heterocycles. The van der Waals surface area contributed by atoms with E-state index in [9.17, 15) is 4.79 Å². The van der Waals surface area contributed by atoms with Crippen molar-refractivity contribution < 1.29 is 4.79 Å². The molecule has 0 radical (unpaired) electrons. The van der Waals surface area contributed by atoms with Gasteiger partial charge >= 0.3 is 0 Å². The highest BCUT2D eigenvalue weighted by Crippen LogP contribution is 2.05. The second-order valence-corrected chi connectivity index (χ2v) is 4.38. The second kappa shape index (κ2) is 5.47. The van der Waals surface area contributed by atoms with Gasteiger partial charge in [-0.2, -0.15) is 0 Å². The number of nitrogens with zero attached hydrogens (tertiary/aromatic N) is 2. The molecule has 1 fully saturated rings. The van der Waals surface area contributed by atoms with Crippen LogP contribution in [-0.4, -0.2) is 54.6 Å². The second-order valence-electron chi connectivity index (χ2n) is 4.38. The summed E-state index contributed by atoms with van der Waals surface area (Å²) in [5.41, 5.74) is 0. The van der Waals surface area contributed by atoms with E-state index in [0.29, 0.717) is 12.6 Å². The van der Waals surface area contributed by atoms with Crippen molar-refractivity contribution in [1.29, 1.82) is 0 Å². The largest absolute Gasteiger partial charge is 0.325 e. The predicted molar refractivity (Wildman–Crippen MR) is 61.6 cm³/mol. The summed E-state index contributed by atoms with van der Waals surface area (Å²) in [6.45, 7) is 8.71. The van der Waals surface area contributed by atoms with Crippen LogP contribution in [0.2, 0.25) is 0 Å². The van der Waals surface area contributed by atoms with Crippen LogP contribution in [0.1, 0.15) is 27.2 Å². The van der Waals surface area contributed by atoms with Gasteiger partial charge in [-0.25, -0.2) is 0 Å². The highest BCUT2D eigenvalue weighted by molar-refractivity contribution is 5.80. The molecule has 0 aromatic rings. The number of rotatable bonds is 5. The lowest BCUT2D eigenvalue weighted by molar-refractivity contribution is -0.127. The summed E-state index contributed by atoms with van der Waals surface area (Å²) in [7, 11) is 2.12. The Hall–Kier alpha value is -0.610. The average molecular weight is 213 g/mol. The molecule has 1 heterocycles. The van der Waals surface area contributed by atoms with Crippen molar-refractivity contribution in [3.05, 3.63) is 0 Å². The fraction of sp³-hybridized carbons (Fsp3) is 0.909. The van der Waals surface area contributed by atoms with Crippen molar-refractivity contribution in [1.82, 2.24) is 15.1 Å². The highest BCUT2D eigenvalue weighted by Gasteiger charge is 2.26. The van der Waals surface area contributed by atoms with Crippen LogP contribution in [0.15, 0.2) is 0 Å². The molecule has 0 saturated carbocycles. The molecule has 0 aliphatic carbocycles. The van der Waals surface area contributed by atoms with E-state index >= 15 is 0 Å². The summed E-state index contributed by atoms with van der Waals surface area (Å²) in [5.74, 6) is 0.222. The predicted octanol–water partition coefficient (Wildman–Crippen LogP) is 0.495. The molecule has 0 aromatic carbocycles. The third-order valence-electron chi connectivity index (χ3n) is 3.37. The Labute approximate surface area is 92.6 Å². The minimum Gasteiger partial charge on any atom is -0.325 e. The van der Waals surface area contributed by atoms with E-state index in [1.54, 1.807) is 0 Å². The Morgan fingerprint density at radius 2 is 2.33 bits per heavy atom. The minimum atomic E-state index is 0.197. The van der Waals surface area contributed by atoms with Crippen LogP contribution in [0.3, 0.4) is 0 Å². The first kappa shape index (κ1) is 12.5. The molecule has 4 nitrogen and oxygen atoms in total. The summed E-state index contributed by atoms with van der Waals surface area (Å²) in [4.78, 5) is 15.7. The van der Waals surface area contributed by atoms with Crippen molar-refractivity contribution in [2.24, 2.45) is 0 Å². The standard InChI is InChI=1S/C11H23N3O/c1-5-9(2)13(4)6-7-14-10(3)12-8-11(14)15/h9-10,12H,5-8H2,1-4H3. The normalized spacial score (nSPS) is 23.9. The van der Waals surface area contributed by atoms with Gasteiger partial charge in [0.25, 0.3) is 0 Å². The lowest BCUT2D eigenvalue weighted by atomic mass is 10.2. The van der Waals surface area contributed by atoms with E-state index in [2.05, 4.69) is 31.1 Å². The molecule has 1 rings (SSSR count). The van der Waals surface area contributed by atoms with E-state index in [1.807, 2.05) is 11.8 Å². The quantitative estimate of drug-likeness (QED) is 0.722. The molecule has 4 heteroatoms. The number of amides is 1. The van der Waals surface area contributed by atoms with Gasteiger partial charge in [0, 0.05) is 19.1 Å². The number of hydrogen-bond acceptors (Lipinski definition) is 3. The molecule has 2 atom stereocenters. The Bertz CT molecular complexity index is 220. The highest BCUT2D eigenvalue weighted by atomic mass is 16.2. The smallest absolute Gasteiger partial charge is 0.237 e. The molecule has 0 bridgehead atoms. The van der Waals surface area contributed by atoms with E-state index < -0.39 is 0 Å². The number of carbonyl (C=O) groups excluding carboxylic acids is 1. The SMILES string of the molecule is CCC(C)N(C)CCN1C(=O)CNC1C. The van der Waals surface area contributed by atoms with Crippen molar-refractivity contribution in [2.45, 2.75) is 39.4 Å². The summed E-state index contributed by atoms with van der Waals surface area (Å²) in [6.07, 6.45) is 1.35. The van der Waals surface area contributed by atoms with Crippen molar-refractivity contribution in [2.75, 3.05) is 26.7 Å². The fourth-order valence-corrected chi connectivity index (χ4v) is 1.78. The van der Waals surface area contributed by atoms with Crippen LogP contribution < -0.4 is 5.32 Å². The number of hydrogen-bond donors (Lipinski definition) is 1. The zero-order chi connectivity index (χ0) is 11.4. The number of nitrogens with one attached hydrogen (secondary N) is 1. The Morgan fingerprint density at radius 3 is 2.80 bits per heavy atom. The van der Waals surface area contributed by atoms with E-state index in [0.717, 1.165) is 19.5 Å². The molecule has 2 unspecified atom stereocenters. The minimum absolute atomic E-state index is 0.197. The number of carbonyl (C=O) groups is 1. The molecule has 15 heavy (non-hydrogen) atoms. The molecule has 1 aliphatic heterocycles. The summed E-state index contributed by atoms with van der Waals surface area (Å²) in [6, 6.07) is 0.589. The van der Waals surface area contributed by atoms with Gasteiger partial charge in [0.2, 0.25) is 5.91 Å². The lowest BCUT2D eigenvalue weighted by Crippen LogP contribution is -2.41. The van der Waals surface area contributed by atoms with Gasteiger partial charge in [0.05, 0.1) is 12.7 Å². The van der Waals surface area contributed by atoms with Crippen molar-refractivity contribution in [3.63, 3.8) is 0 Å². The maximum Gasteiger partial charge on any atom is 0.237 e. The zero-order valence-corrected chi connectivity index (χ0v) is 10.3. The summed E-state index contributed by atoms with van der Waals surface area (Å²) in [5, 5.41) is 3.14. The third-order valence-corrected chi connectivity index (χ3v) is 3.37. The molecule has 0 spiro atoms. The van der Waals surface area contributed by atoms with Gasteiger partial charge in [-0.05, 0) is 27.3 Å².